The highest BCUT2D eigenvalue weighted by molar-refractivity contribution is 6.32. The average Bonchev–Trinajstić information content (AvgIpc) is 2.89. The van der Waals surface area contributed by atoms with E-state index in [9.17, 15) is 0 Å². The first-order valence-electron chi connectivity index (χ1n) is 13.3. The zero-order valence-corrected chi connectivity index (χ0v) is 24.0. The highest BCUT2D eigenvalue weighted by Crippen LogP contribution is 2.76. The molecule has 4 aliphatic carbocycles. The van der Waals surface area contributed by atoms with Gasteiger partial charge in [0.05, 0.1) is 0 Å². The normalized spacial score (nSPS) is 31.5. The first-order valence-corrected chi connectivity index (χ1v) is 14.8. The van der Waals surface area contributed by atoms with Crippen molar-refractivity contribution in [2.45, 2.75) is 60.2 Å². The van der Waals surface area contributed by atoms with Crippen LogP contribution in [0.4, 0.5) is 0 Å². The highest BCUT2D eigenvalue weighted by atomic mass is 35.5. The average molecular weight is 578 g/mol. The Bertz CT molecular complexity index is 1290. The summed E-state index contributed by atoms with van der Waals surface area (Å²) >= 11 is 28.2. The van der Waals surface area contributed by atoms with Crippen molar-refractivity contribution in [3.63, 3.8) is 0 Å². The molecule has 4 aliphatic rings. The summed E-state index contributed by atoms with van der Waals surface area (Å²) in [6.07, 6.45) is 6.03. The molecule has 0 N–H and O–H groups in total. The summed E-state index contributed by atoms with van der Waals surface area (Å²) in [4.78, 5) is 0. The maximum Gasteiger partial charge on any atom is 0.0443 e. The van der Waals surface area contributed by atoms with Crippen molar-refractivity contribution in [1.29, 1.82) is 0 Å². The van der Waals surface area contributed by atoms with Crippen LogP contribution in [0.15, 0.2) is 97.1 Å². The minimum Gasteiger partial charge on any atom is -0.0840 e. The molecule has 0 saturated heterocycles. The lowest BCUT2D eigenvalue weighted by Gasteiger charge is -2.71. The van der Waals surface area contributed by atoms with Gasteiger partial charge in [0.1, 0.15) is 0 Å². The molecule has 4 saturated carbocycles. The van der Waals surface area contributed by atoms with E-state index in [2.05, 4.69) is 48.5 Å². The number of benzene rings is 4. The quantitative estimate of drug-likeness (QED) is 0.226. The molecule has 0 heterocycles. The van der Waals surface area contributed by atoms with Gasteiger partial charge in [0.2, 0.25) is 0 Å². The molecule has 4 aromatic rings. The SMILES string of the molecule is Clc1ccccc1C12CC3(c4ccccc4Cl)CC(c4ccccc4Cl)(C1)CC(c1ccccc1Cl)(C2)C3. The molecule has 0 nitrogen and oxygen atoms in total. The Hall–Kier alpha value is -1.96. The fourth-order valence-corrected chi connectivity index (χ4v) is 10.7. The fourth-order valence-electron chi connectivity index (χ4n) is 9.34. The molecule has 0 amide bonds. The summed E-state index contributed by atoms with van der Waals surface area (Å²) in [6.45, 7) is 0. The van der Waals surface area contributed by atoms with Crippen LogP contribution in [-0.4, -0.2) is 0 Å². The van der Waals surface area contributed by atoms with E-state index < -0.39 is 0 Å². The zero-order chi connectivity index (χ0) is 26.2. The van der Waals surface area contributed by atoms with Gasteiger partial charge in [-0.2, -0.15) is 0 Å². The molecule has 0 unspecified atom stereocenters. The van der Waals surface area contributed by atoms with Crippen LogP contribution >= 0.6 is 46.4 Å². The zero-order valence-electron chi connectivity index (χ0n) is 21.0. The van der Waals surface area contributed by atoms with E-state index in [1.54, 1.807) is 0 Å². The van der Waals surface area contributed by atoms with Gasteiger partial charge in [-0.05, 0) is 107 Å². The minimum atomic E-state index is -0.148. The van der Waals surface area contributed by atoms with Gasteiger partial charge in [0.15, 0.2) is 0 Å². The van der Waals surface area contributed by atoms with Gasteiger partial charge < -0.3 is 0 Å². The number of halogens is 4. The molecule has 0 radical (unpaired) electrons. The molecule has 4 bridgehead atoms. The van der Waals surface area contributed by atoms with E-state index >= 15 is 0 Å². The van der Waals surface area contributed by atoms with Crippen molar-refractivity contribution >= 4 is 46.4 Å². The second kappa shape index (κ2) is 8.77. The summed E-state index contributed by atoms with van der Waals surface area (Å²) in [5.74, 6) is 0. The van der Waals surface area contributed by atoms with Gasteiger partial charge >= 0.3 is 0 Å². The van der Waals surface area contributed by atoms with Crippen LogP contribution in [0.5, 0.6) is 0 Å². The molecule has 38 heavy (non-hydrogen) atoms. The van der Waals surface area contributed by atoms with Gasteiger partial charge in [-0.1, -0.05) is 119 Å². The standard InChI is InChI=1S/C34H28Cl4/c35-27-13-5-1-9-23(27)31-17-32(24-10-2-6-14-28(24)36)20-33(18-31,25-11-3-7-15-29(25)37)22-34(19-31,21-32)26-12-4-8-16-30(26)38/h1-16H,17-22H2. The molecular weight excluding hydrogens is 550 g/mol. The molecule has 192 valence electrons. The third-order valence-corrected chi connectivity index (χ3v) is 11.2. The second-order valence-corrected chi connectivity index (χ2v) is 13.7. The van der Waals surface area contributed by atoms with Crippen molar-refractivity contribution in [3.05, 3.63) is 139 Å². The molecule has 4 aromatic carbocycles. The van der Waals surface area contributed by atoms with E-state index in [1.807, 2.05) is 48.5 Å². The Morgan fingerprint density at radius 2 is 0.500 bits per heavy atom. The molecule has 0 atom stereocenters. The smallest absolute Gasteiger partial charge is 0.0443 e. The van der Waals surface area contributed by atoms with Crippen molar-refractivity contribution < 1.29 is 0 Å². The maximum absolute atomic E-state index is 7.05. The molecule has 0 spiro atoms. The van der Waals surface area contributed by atoms with Gasteiger partial charge in [0, 0.05) is 20.1 Å². The van der Waals surface area contributed by atoms with Crippen molar-refractivity contribution in [2.75, 3.05) is 0 Å². The third kappa shape index (κ3) is 3.57. The van der Waals surface area contributed by atoms with Crippen LogP contribution in [0.25, 0.3) is 0 Å². The van der Waals surface area contributed by atoms with Crippen LogP contribution in [0, 0.1) is 0 Å². The van der Waals surface area contributed by atoms with Crippen molar-refractivity contribution in [1.82, 2.24) is 0 Å². The van der Waals surface area contributed by atoms with E-state index in [1.165, 1.54) is 22.3 Å². The number of hydrogen-bond acceptors (Lipinski definition) is 0. The Morgan fingerprint density at radius 3 is 0.684 bits per heavy atom. The van der Waals surface area contributed by atoms with Crippen molar-refractivity contribution in [2.24, 2.45) is 0 Å². The van der Waals surface area contributed by atoms with Gasteiger partial charge in [0.25, 0.3) is 0 Å². The maximum atomic E-state index is 7.05. The van der Waals surface area contributed by atoms with E-state index in [-0.39, 0.29) is 21.7 Å². The van der Waals surface area contributed by atoms with Crippen LogP contribution in [0.1, 0.15) is 60.8 Å². The summed E-state index contributed by atoms with van der Waals surface area (Å²) in [5, 5.41) is 3.36. The van der Waals surface area contributed by atoms with E-state index in [0.29, 0.717) is 0 Å². The molecular formula is C34H28Cl4. The predicted octanol–water partition coefficient (Wildman–Crippen LogP) is 10.7. The lowest BCUT2D eigenvalue weighted by atomic mass is 9.32. The number of rotatable bonds is 4. The van der Waals surface area contributed by atoms with Gasteiger partial charge in [-0.15, -0.1) is 0 Å². The number of hydrogen-bond donors (Lipinski definition) is 0. The van der Waals surface area contributed by atoms with Crippen LogP contribution in [0.3, 0.4) is 0 Å². The first-order chi connectivity index (χ1) is 18.3. The lowest BCUT2D eigenvalue weighted by molar-refractivity contribution is -0.0690. The monoisotopic (exact) mass is 576 g/mol. The Morgan fingerprint density at radius 1 is 0.316 bits per heavy atom. The Balaban J connectivity index is 1.58. The lowest BCUT2D eigenvalue weighted by Crippen LogP contribution is -2.67. The van der Waals surface area contributed by atoms with Gasteiger partial charge in [-0.25, -0.2) is 0 Å². The molecule has 4 fully saturated rings. The van der Waals surface area contributed by atoms with E-state index in [4.69, 9.17) is 46.4 Å². The third-order valence-electron chi connectivity index (χ3n) is 9.84. The summed E-state index contributed by atoms with van der Waals surface area (Å²) < 4.78 is 0. The highest BCUT2D eigenvalue weighted by Gasteiger charge is 2.70. The second-order valence-electron chi connectivity index (χ2n) is 12.1. The predicted molar refractivity (Wildman–Crippen MR) is 160 cm³/mol. The topological polar surface area (TPSA) is 0 Å². The van der Waals surface area contributed by atoms with Crippen LogP contribution in [0.2, 0.25) is 20.1 Å². The Kier molecular flexibility index (Phi) is 5.78. The van der Waals surface area contributed by atoms with Crippen LogP contribution < -0.4 is 0 Å². The Labute approximate surface area is 244 Å². The molecule has 0 aromatic heterocycles. The summed E-state index contributed by atoms with van der Waals surface area (Å²) in [5.41, 5.74) is 4.37. The van der Waals surface area contributed by atoms with Crippen molar-refractivity contribution in [3.8, 4) is 0 Å². The summed E-state index contributed by atoms with van der Waals surface area (Å²) in [6, 6.07) is 33.8. The minimum absolute atomic E-state index is 0.148. The van der Waals surface area contributed by atoms with Gasteiger partial charge in [-0.3, -0.25) is 0 Å². The molecule has 8 rings (SSSR count). The largest absolute Gasteiger partial charge is 0.0840 e. The fraction of sp³-hybridized carbons (Fsp3) is 0.294. The van der Waals surface area contributed by atoms with E-state index in [0.717, 1.165) is 58.6 Å². The van der Waals surface area contributed by atoms with Crippen LogP contribution in [-0.2, 0) is 21.7 Å². The molecule has 4 heteroatoms. The molecule has 0 aliphatic heterocycles. The first kappa shape index (κ1) is 25.0. The summed E-state index contributed by atoms with van der Waals surface area (Å²) in [7, 11) is 0.